The minimum atomic E-state index is -0.362. The first-order chi connectivity index (χ1) is 14.6. The first kappa shape index (κ1) is 25.0. The Bertz CT molecular complexity index is 933. The molecule has 0 saturated heterocycles. The lowest BCUT2D eigenvalue weighted by Gasteiger charge is -2.06. The third-order valence-corrected chi connectivity index (χ3v) is 4.36. The maximum atomic E-state index is 11.6. The summed E-state index contributed by atoms with van der Waals surface area (Å²) >= 11 is 3.17. The fourth-order valence-electron chi connectivity index (χ4n) is 2.34. The van der Waals surface area contributed by atoms with Crippen molar-refractivity contribution in [2.75, 3.05) is 14.2 Å². The van der Waals surface area contributed by atoms with Crippen LogP contribution >= 0.6 is 15.9 Å². The third kappa shape index (κ3) is 7.75. The molecule has 0 saturated carbocycles. The fourth-order valence-corrected chi connectivity index (χ4v) is 2.76. The van der Waals surface area contributed by atoms with E-state index in [1.807, 2.05) is 44.2 Å². The lowest BCUT2D eigenvalue weighted by Crippen LogP contribution is -2.06. The standard InChI is InChI=1S/C14H13NO2.C7H6BrNO2.C2H6/c1-17-14(16)13-7-8-15-10-12(13)9-11-5-3-2-4-6-11;1-11-7(10)5-2-3-9-4-6(5)8;1-2/h2-8,10H,9H2,1H3;2-4H,1H3;1-2H3. The van der Waals surface area contributed by atoms with Crippen LogP contribution in [0.1, 0.15) is 45.7 Å². The van der Waals surface area contributed by atoms with Gasteiger partial charge in [-0.25, -0.2) is 9.59 Å². The fraction of sp³-hybridized carbons (Fsp3) is 0.217. The maximum Gasteiger partial charge on any atom is 0.339 e. The molecule has 0 amide bonds. The second-order valence-electron chi connectivity index (χ2n) is 5.53. The molecule has 3 aromatic rings. The number of hydrogen-bond acceptors (Lipinski definition) is 6. The van der Waals surface area contributed by atoms with E-state index in [-0.39, 0.29) is 11.9 Å². The minimum absolute atomic E-state index is 0.321. The number of methoxy groups -OCH3 is 2. The van der Waals surface area contributed by atoms with Crippen LogP contribution in [0, 0.1) is 0 Å². The van der Waals surface area contributed by atoms with Gasteiger partial charge in [-0.2, -0.15) is 0 Å². The average Bonchev–Trinajstić information content (AvgIpc) is 2.81. The van der Waals surface area contributed by atoms with Gasteiger partial charge in [0.2, 0.25) is 0 Å². The summed E-state index contributed by atoms with van der Waals surface area (Å²) in [5, 5.41) is 0. The van der Waals surface area contributed by atoms with Crippen LogP contribution < -0.4 is 0 Å². The Kier molecular flexibility index (Phi) is 11.7. The minimum Gasteiger partial charge on any atom is -0.465 e. The highest BCUT2D eigenvalue weighted by Gasteiger charge is 2.11. The van der Waals surface area contributed by atoms with Crippen molar-refractivity contribution in [1.29, 1.82) is 0 Å². The molecule has 0 fully saturated rings. The topological polar surface area (TPSA) is 78.4 Å². The van der Waals surface area contributed by atoms with E-state index < -0.39 is 0 Å². The van der Waals surface area contributed by atoms with Gasteiger partial charge in [0.1, 0.15) is 0 Å². The molecule has 0 aliphatic carbocycles. The van der Waals surface area contributed by atoms with Gasteiger partial charge >= 0.3 is 11.9 Å². The van der Waals surface area contributed by atoms with E-state index in [0.717, 1.165) is 11.1 Å². The van der Waals surface area contributed by atoms with E-state index >= 15 is 0 Å². The molecule has 6 nitrogen and oxygen atoms in total. The lowest BCUT2D eigenvalue weighted by molar-refractivity contribution is 0.0590. The highest BCUT2D eigenvalue weighted by Crippen LogP contribution is 2.15. The first-order valence-electron chi connectivity index (χ1n) is 9.29. The molecule has 2 heterocycles. The Morgan fingerprint density at radius 3 is 1.93 bits per heavy atom. The Hall–Kier alpha value is -3.06. The van der Waals surface area contributed by atoms with E-state index in [4.69, 9.17) is 4.74 Å². The maximum absolute atomic E-state index is 11.6. The molecule has 3 rings (SSSR count). The predicted molar refractivity (Wildman–Crippen MR) is 119 cm³/mol. The van der Waals surface area contributed by atoms with Crippen LogP contribution in [0.4, 0.5) is 0 Å². The van der Waals surface area contributed by atoms with Gasteiger partial charge in [-0.05, 0) is 45.6 Å². The van der Waals surface area contributed by atoms with Crippen LogP contribution in [0.25, 0.3) is 0 Å². The number of ether oxygens (including phenoxy) is 2. The SMILES string of the molecule is CC.COC(=O)c1ccncc1Br.COC(=O)c1ccncc1Cc1ccccc1. The number of carbonyl (C=O) groups is 2. The number of halogens is 1. The molecule has 0 bridgehead atoms. The van der Waals surface area contributed by atoms with Gasteiger partial charge in [-0.1, -0.05) is 44.2 Å². The summed E-state index contributed by atoms with van der Waals surface area (Å²) in [5.41, 5.74) is 3.09. The van der Waals surface area contributed by atoms with E-state index in [9.17, 15) is 9.59 Å². The molecule has 158 valence electrons. The van der Waals surface area contributed by atoms with Gasteiger partial charge < -0.3 is 9.47 Å². The molecule has 0 unspecified atom stereocenters. The highest BCUT2D eigenvalue weighted by atomic mass is 79.9. The summed E-state index contributed by atoms with van der Waals surface area (Å²) in [4.78, 5) is 30.4. The molecule has 0 spiro atoms. The van der Waals surface area contributed by atoms with Gasteiger partial charge in [-0.15, -0.1) is 0 Å². The van der Waals surface area contributed by atoms with Crippen LogP contribution in [0.3, 0.4) is 0 Å². The number of pyridine rings is 2. The molecular formula is C23H25BrN2O4. The zero-order valence-electron chi connectivity index (χ0n) is 17.5. The van der Waals surface area contributed by atoms with Gasteiger partial charge in [0, 0.05) is 24.8 Å². The number of nitrogens with zero attached hydrogens (tertiary/aromatic N) is 2. The van der Waals surface area contributed by atoms with Crippen LogP contribution in [0.15, 0.2) is 71.7 Å². The Labute approximate surface area is 185 Å². The Balaban J connectivity index is 0.000000300. The average molecular weight is 473 g/mol. The molecule has 0 aliphatic rings. The Morgan fingerprint density at radius 2 is 1.37 bits per heavy atom. The van der Waals surface area contributed by atoms with E-state index in [1.54, 1.807) is 30.7 Å². The van der Waals surface area contributed by atoms with Gasteiger partial charge in [0.15, 0.2) is 0 Å². The summed E-state index contributed by atoms with van der Waals surface area (Å²) in [7, 11) is 2.73. The number of esters is 2. The molecule has 0 N–H and O–H groups in total. The van der Waals surface area contributed by atoms with Crippen molar-refractivity contribution in [3.05, 3.63) is 94.0 Å². The quantitative estimate of drug-likeness (QED) is 0.490. The predicted octanol–water partition coefficient (Wildman–Crippen LogP) is 5.12. The van der Waals surface area contributed by atoms with E-state index in [1.165, 1.54) is 20.4 Å². The second kappa shape index (κ2) is 14.0. The van der Waals surface area contributed by atoms with Crippen molar-refractivity contribution in [2.45, 2.75) is 20.3 Å². The lowest BCUT2D eigenvalue weighted by atomic mass is 10.0. The summed E-state index contributed by atoms with van der Waals surface area (Å²) in [6.07, 6.45) is 7.07. The second-order valence-corrected chi connectivity index (χ2v) is 6.39. The number of hydrogen-bond donors (Lipinski definition) is 0. The van der Waals surface area contributed by atoms with Crippen LogP contribution in [-0.4, -0.2) is 36.1 Å². The molecule has 7 heteroatoms. The van der Waals surface area contributed by atoms with Crippen molar-refractivity contribution in [3.63, 3.8) is 0 Å². The molecule has 0 aliphatic heterocycles. The van der Waals surface area contributed by atoms with E-state index in [2.05, 4.69) is 30.6 Å². The molecule has 1 aromatic carbocycles. The van der Waals surface area contributed by atoms with Crippen molar-refractivity contribution < 1.29 is 19.1 Å². The van der Waals surface area contributed by atoms with Crippen molar-refractivity contribution in [3.8, 4) is 0 Å². The number of rotatable bonds is 4. The van der Waals surface area contributed by atoms with Crippen LogP contribution in [-0.2, 0) is 15.9 Å². The highest BCUT2D eigenvalue weighted by molar-refractivity contribution is 9.10. The van der Waals surface area contributed by atoms with E-state index in [0.29, 0.717) is 22.0 Å². The normalized spacial score (nSPS) is 9.23. The largest absolute Gasteiger partial charge is 0.465 e. The number of carbonyl (C=O) groups excluding carboxylic acids is 2. The summed E-state index contributed by atoms with van der Waals surface area (Å²) in [5.74, 6) is -0.683. The number of benzene rings is 1. The van der Waals surface area contributed by atoms with Gasteiger partial charge in [-0.3, -0.25) is 9.97 Å². The van der Waals surface area contributed by atoms with Crippen LogP contribution in [0.2, 0.25) is 0 Å². The molecule has 2 aromatic heterocycles. The van der Waals surface area contributed by atoms with Crippen molar-refractivity contribution in [1.82, 2.24) is 9.97 Å². The summed E-state index contributed by atoms with van der Waals surface area (Å²) < 4.78 is 9.91. The Morgan fingerprint density at radius 1 is 0.833 bits per heavy atom. The van der Waals surface area contributed by atoms with Crippen molar-refractivity contribution >= 4 is 27.9 Å². The number of aromatic nitrogens is 2. The first-order valence-corrected chi connectivity index (χ1v) is 10.1. The zero-order valence-corrected chi connectivity index (χ0v) is 19.0. The van der Waals surface area contributed by atoms with Crippen LogP contribution in [0.5, 0.6) is 0 Å². The third-order valence-electron chi connectivity index (χ3n) is 3.72. The zero-order chi connectivity index (χ0) is 22.4. The molecule has 0 radical (unpaired) electrons. The van der Waals surface area contributed by atoms with Crippen molar-refractivity contribution in [2.24, 2.45) is 0 Å². The monoisotopic (exact) mass is 472 g/mol. The smallest absolute Gasteiger partial charge is 0.339 e. The summed E-state index contributed by atoms with van der Waals surface area (Å²) in [6.45, 7) is 4.00. The van der Waals surface area contributed by atoms with Gasteiger partial charge in [0.25, 0.3) is 0 Å². The molecule has 30 heavy (non-hydrogen) atoms. The summed E-state index contributed by atoms with van der Waals surface area (Å²) in [6, 6.07) is 13.2. The van der Waals surface area contributed by atoms with Gasteiger partial charge in [0.05, 0.1) is 29.8 Å². The molecule has 0 atom stereocenters. The molecular weight excluding hydrogens is 448 g/mol.